The largest absolute Gasteiger partial charge is 0.512 e. The van der Waals surface area contributed by atoms with Crippen LogP contribution in [0.25, 0.3) is 32.2 Å². The molecule has 2 aromatic heterocycles. The van der Waals surface area contributed by atoms with Gasteiger partial charge in [-0.1, -0.05) is 137 Å². The number of aliphatic hydroxyl groups is 1. The van der Waals surface area contributed by atoms with Crippen LogP contribution in [-0.4, -0.2) is 28.9 Å². The van der Waals surface area contributed by atoms with Crippen LogP contribution >= 0.6 is 11.3 Å². The molecular weight excluding hydrogens is 865 g/mol. The molecular formula is C46H69IrN2O2SSi-. The van der Waals surface area contributed by atoms with Gasteiger partial charge in [-0.15, -0.1) is 40.5 Å². The Balaban J connectivity index is 0.000000516. The Bertz CT molecular complexity index is 1770. The van der Waals surface area contributed by atoms with Gasteiger partial charge in [-0.05, 0) is 65.8 Å². The predicted molar refractivity (Wildman–Crippen MR) is 231 cm³/mol. The molecule has 0 saturated heterocycles. The maximum Gasteiger partial charge on any atom is 0.162 e. The van der Waals surface area contributed by atoms with Crippen LogP contribution in [0.15, 0.2) is 48.5 Å². The molecule has 2 heterocycles. The minimum Gasteiger partial charge on any atom is -0.512 e. The van der Waals surface area contributed by atoms with E-state index in [4.69, 9.17) is 9.97 Å². The zero-order valence-corrected chi connectivity index (χ0v) is 39.6. The Kier molecular flexibility index (Phi) is 18.3. The molecule has 7 heteroatoms. The van der Waals surface area contributed by atoms with Crippen molar-refractivity contribution >= 4 is 50.7 Å². The Morgan fingerprint density at radius 3 is 1.89 bits per heavy atom. The molecule has 4 aromatic rings. The van der Waals surface area contributed by atoms with E-state index in [-0.39, 0.29) is 48.9 Å². The van der Waals surface area contributed by atoms with Gasteiger partial charge in [0.25, 0.3) is 0 Å². The zero-order valence-electron chi connectivity index (χ0n) is 35.4. The number of hydrogen-bond acceptors (Lipinski definition) is 5. The van der Waals surface area contributed by atoms with Crippen LogP contribution in [0.5, 0.6) is 0 Å². The number of aliphatic hydroxyl groups excluding tert-OH is 1. The van der Waals surface area contributed by atoms with Gasteiger partial charge in [0.05, 0.1) is 11.3 Å². The summed E-state index contributed by atoms with van der Waals surface area (Å²) < 4.78 is 2.91. The fraction of sp³-hybridized carbons (Fsp3) is 0.587. The third kappa shape index (κ3) is 11.9. The summed E-state index contributed by atoms with van der Waals surface area (Å²) in [4.78, 5) is 21.5. The topological polar surface area (TPSA) is 63.1 Å². The molecule has 1 radical (unpaired) electrons. The van der Waals surface area contributed by atoms with Gasteiger partial charge in [0.15, 0.2) is 5.78 Å². The minimum absolute atomic E-state index is 0. The van der Waals surface area contributed by atoms with Crippen LogP contribution < -0.4 is 4.50 Å². The fourth-order valence-electron chi connectivity index (χ4n) is 8.35. The third-order valence-electron chi connectivity index (χ3n) is 10.5. The van der Waals surface area contributed by atoms with Gasteiger partial charge in [0, 0.05) is 48.4 Å². The van der Waals surface area contributed by atoms with E-state index in [9.17, 15) is 9.90 Å². The number of benzene rings is 2. The Hall–Kier alpha value is -2.18. The molecule has 0 spiro atoms. The van der Waals surface area contributed by atoms with E-state index in [0.29, 0.717) is 17.8 Å². The van der Waals surface area contributed by atoms with Crippen molar-refractivity contribution in [3.8, 4) is 11.3 Å². The van der Waals surface area contributed by atoms with E-state index in [1.165, 1.54) is 45.4 Å². The summed E-state index contributed by atoms with van der Waals surface area (Å²) in [6.07, 6.45) is 6.68. The first-order valence-corrected chi connectivity index (χ1v) is 23.5. The van der Waals surface area contributed by atoms with Gasteiger partial charge >= 0.3 is 0 Å². The Labute approximate surface area is 341 Å². The molecule has 0 aliphatic heterocycles. The predicted octanol–water partition coefficient (Wildman–Crippen LogP) is 13.4. The van der Waals surface area contributed by atoms with Crippen LogP contribution in [0.4, 0.5) is 0 Å². The summed E-state index contributed by atoms with van der Waals surface area (Å²) in [5.74, 6) is 2.64. The molecule has 1 N–H and O–H groups in total. The minimum atomic E-state index is -1.76. The maximum atomic E-state index is 11.7. The number of carbonyl (C=O) groups excluding carboxylic acids is 1. The quantitative estimate of drug-likeness (QED) is 0.0558. The van der Waals surface area contributed by atoms with E-state index in [2.05, 4.69) is 106 Å². The fourth-order valence-corrected chi connectivity index (χ4v) is 17.9. The van der Waals surface area contributed by atoms with Gasteiger partial charge in [-0.25, -0.2) is 4.98 Å². The number of hydrogen-bond donors (Lipinski definition) is 1. The van der Waals surface area contributed by atoms with Crippen molar-refractivity contribution in [2.75, 3.05) is 0 Å². The van der Waals surface area contributed by atoms with Crippen LogP contribution in [0.1, 0.15) is 127 Å². The molecule has 0 bridgehead atoms. The molecule has 53 heavy (non-hydrogen) atoms. The zero-order chi connectivity index (χ0) is 39.0. The number of aryl methyl sites for hydroxylation is 1. The van der Waals surface area contributed by atoms with Crippen LogP contribution in [0.2, 0.25) is 18.1 Å². The summed E-state index contributed by atoms with van der Waals surface area (Å²) in [7, 11) is -1.76. The smallest absolute Gasteiger partial charge is 0.162 e. The van der Waals surface area contributed by atoms with Gasteiger partial charge in [-0.2, -0.15) is 0 Å². The molecule has 2 aromatic carbocycles. The van der Waals surface area contributed by atoms with E-state index in [1.807, 2.05) is 39.0 Å². The summed E-state index contributed by atoms with van der Waals surface area (Å²) in [6.45, 7) is 31.8. The van der Waals surface area contributed by atoms with Crippen molar-refractivity contribution in [3.63, 3.8) is 0 Å². The normalized spacial score (nSPS) is 12.7. The molecule has 0 aliphatic rings. The number of ketones is 1. The molecule has 0 amide bonds. The van der Waals surface area contributed by atoms with Gasteiger partial charge in [0.2, 0.25) is 0 Å². The Morgan fingerprint density at radius 1 is 0.868 bits per heavy atom. The summed E-state index contributed by atoms with van der Waals surface area (Å²) in [5.41, 5.74) is 6.07. The second-order valence-corrected chi connectivity index (χ2v) is 23.1. The number of aromatic nitrogens is 2. The number of allylic oxidation sites excluding steroid dienone is 2. The molecule has 0 fully saturated rings. The first kappa shape index (κ1) is 47.0. The van der Waals surface area contributed by atoms with Crippen molar-refractivity contribution in [3.05, 3.63) is 65.7 Å². The monoisotopic (exact) mass is 934 g/mol. The number of rotatable bonds is 15. The van der Waals surface area contributed by atoms with Crippen molar-refractivity contribution in [1.82, 2.24) is 9.97 Å². The van der Waals surface area contributed by atoms with Crippen molar-refractivity contribution < 1.29 is 30.0 Å². The van der Waals surface area contributed by atoms with Crippen molar-refractivity contribution in [1.29, 1.82) is 0 Å². The van der Waals surface area contributed by atoms with Crippen LogP contribution in [0, 0.1) is 42.6 Å². The number of carbonyl (C=O) groups is 1. The van der Waals surface area contributed by atoms with Crippen molar-refractivity contribution in [2.24, 2.45) is 29.6 Å². The van der Waals surface area contributed by atoms with Gasteiger partial charge in [-0.3, -0.25) is 9.78 Å². The van der Waals surface area contributed by atoms with Gasteiger partial charge in [0.1, 0.15) is 14.4 Å². The molecule has 0 aliphatic carbocycles. The Morgan fingerprint density at radius 2 is 1.40 bits per heavy atom. The number of nitrogens with zero attached hydrogens (tertiary/aromatic N) is 2. The van der Waals surface area contributed by atoms with E-state index < -0.39 is 8.07 Å². The maximum absolute atomic E-state index is 11.7. The average Bonchev–Trinajstić information content (AvgIpc) is 3.41. The third-order valence-corrected chi connectivity index (χ3v) is 19.3. The molecule has 4 rings (SSSR count). The molecule has 295 valence electrons. The van der Waals surface area contributed by atoms with Crippen LogP contribution in [-0.2, 0) is 30.3 Å². The molecule has 0 unspecified atom stereocenters. The van der Waals surface area contributed by atoms with Crippen molar-refractivity contribution in [2.45, 2.75) is 146 Å². The molecule has 4 nitrogen and oxygen atoms in total. The first-order valence-electron chi connectivity index (χ1n) is 20.1. The van der Waals surface area contributed by atoms with Crippen LogP contribution in [0.3, 0.4) is 0 Å². The summed E-state index contributed by atoms with van der Waals surface area (Å²) in [6, 6.07) is 18.8. The summed E-state index contributed by atoms with van der Waals surface area (Å²) >= 11 is 2.01. The van der Waals surface area contributed by atoms with E-state index in [0.717, 1.165) is 47.8 Å². The second-order valence-electron chi connectivity index (χ2n) is 17.4. The number of thiophene rings is 1. The second kappa shape index (κ2) is 20.7. The standard InChI is InChI=1S/C33H45N2SSi.C13H24O2.Ir/c1-21(2)17-37(18-22(3)4,19-23(5)6)32-24(7)29-31(36-32)30(35-20-34-29)26-15-25-13-11-12-14-27(25)28(16-26)33(8,9)10;1-5-10(6-2)12(14)9-13(15)11(7-3)8-4;/h11-14,16,20-23H,17-19H2,1-10H3;9-11,14H,5-8H2,1-4H3;/q-1;;/b;12-9-;. The SMILES string of the molecule is CCC(CC)C(=O)/C=C(\O)C(CC)CC.Cc1c([Si](CC(C)C)(CC(C)C)CC(C)C)sc2c(-c3[c-]c4ccccc4c(C(C)(C)C)c3)ncnc12.[Ir]. The average molecular weight is 934 g/mol. The molecule has 0 atom stereocenters. The molecule has 0 saturated carbocycles. The van der Waals surface area contributed by atoms with Gasteiger partial charge < -0.3 is 5.11 Å². The van der Waals surface area contributed by atoms with E-state index in [1.54, 1.807) is 10.8 Å². The number of fused-ring (bicyclic) bond motifs is 2. The first-order chi connectivity index (χ1) is 24.4. The van der Waals surface area contributed by atoms with E-state index >= 15 is 0 Å². The summed E-state index contributed by atoms with van der Waals surface area (Å²) in [5, 5.41) is 12.2.